The minimum atomic E-state index is -2.00. The highest BCUT2D eigenvalue weighted by atomic mass is 79.9. The fourth-order valence-corrected chi connectivity index (χ4v) is 1.35. The second-order valence-corrected chi connectivity index (χ2v) is 3.91. The molecule has 0 aromatic rings. The Labute approximate surface area is 81.2 Å². The first-order valence-electron chi connectivity index (χ1n) is 3.01. The van der Waals surface area contributed by atoms with Gasteiger partial charge in [0.05, 0.1) is 0 Å². The zero-order chi connectivity index (χ0) is 9.35. The molecule has 0 spiro atoms. The van der Waals surface area contributed by atoms with Gasteiger partial charge in [-0.15, -0.1) is 11.6 Å². The second-order valence-electron chi connectivity index (χ2n) is 2.23. The van der Waals surface area contributed by atoms with Gasteiger partial charge in [0.25, 0.3) is 0 Å². The molecular weight excluding hydrogens is 252 g/mol. The van der Waals surface area contributed by atoms with E-state index in [1.54, 1.807) is 0 Å². The number of halogens is 3. The summed E-state index contributed by atoms with van der Waals surface area (Å²) < 4.78 is 11.0. The number of rotatable bonds is 1. The maximum absolute atomic E-state index is 13.0. The molecule has 0 aromatic carbocycles. The third-order valence-electron chi connectivity index (χ3n) is 1.49. The van der Waals surface area contributed by atoms with Gasteiger partial charge in [-0.3, -0.25) is 10.1 Å². The number of alkyl halides is 2. The van der Waals surface area contributed by atoms with Crippen molar-refractivity contribution in [3.05, 3.63) is 34.2 Å². The average Bonchev–Trinajstić information content (AvgIpc) is 1.99. The van der Waals surface area contributed by atoms with Gasteiger partial charge in [0, 0.05) is 20.9 Å². The van der Waals surface area contributed by atoms with Gasteiger partial charge < -0.3 is 0 Å². The van der Waals surface area contributed by atoms with Crippen molar-refractivity contribution in [2.45, 2.75) is 9.83 Å². The van der Waals surface area contributed by atoms with Crippen molar-refractivity contribution in [1.29, 1.82) is 0 Å². The molecular formula is C6H4BrClFNO2. The molecule has 6 heteroatoms. The molecule has 0 saturated carbocycles. The van der Waals surface area contributed by atoms with Crippen molar-refractivity contribution in [1.82, 2.24) is 0 Å². The minimum Gasteiger partial charge on any atom is -0.263 e. The summed E-state index contributed by atoms with van der Waals surface area (Å²) in [5.74, 6) is -0.894. The molecule has 1 rings (SSSR count). The Kier molecular flexibility index (Phi) is 2.53. The van der Waals surface area contributed by atoms with Crippen LogP contribution in [0.2, 0.25) is 0 Å². The number of nitrogens with zero attached hydrogens (tertiary/aromatic N) is 1. The molecule has 0 aromatic heterocycles. The third kappa shape index (κ3) is 1.27. The van der Waals surface area contributed by atoms with E-state index in [1.165, 1.54) is 12.2 Å². The lowest BCUT2D eigenvalue weighted by Gasteiger charge is -2.21. The van der Waals surface area contributed by atoms with E-state index in [0.29, 0.717) is 0 Å². The van der Waals surface area contributed by atoms with Crippen molar-refractivity contribution in [3.8, 4) is 0 Å². The van der Waals surface area contributed by atoms with Gasteiger partial charge in [0.15, 0.2) is 5.83 Å². The van der Waals surface area contributed by atoms with Gasteiger partial charge in [0.1, 0.15) is 5.38 Å². The first-order chi connectivity index (χ1) is 5.49. The van der Waals surface area contributed by atoms with Crippen LogP contribution < -0.4 is 0 Å². The number of allylic oxidation sites excluding steroid dienone is 2. The summed E-state index contributed by atoms with van der Waals surface area (Å²) >= 11 is 8.22. The predicted molar refractivity (Wildman–Crippen MR) is 46.6 cm³/mol. The van der Waals surface area contributed by atoms with Crippen LogP contribution in [0.15, 0.2) is 24.1 Å². The molecule has 0 bridgehead atoms. The molecule has 12 heavy (non-hydrogen) atoms. The third-order valence-corrected chi connectivity index (χ3v) is 3.38. The van der Waals surface area contributed by atoms with Gasteiger partial charge in [-0.05, 0) is 6.08 Å². The number of hydrogen-bond donors (Lipinski definition) is 0. The number of nitro groups is 1. The van der Waals surface area contributed by atoms with Crippen molar-refractivity contribution in [3.63, 3.8) is 0 Å². The molecule has 0 saturated heterocycles. The molecule has 0 aliphatic heterocycles. The zero-order valence-electron chi connectivity index (χ0n) is 5.71. The lowest BCUT2D eigenvalue weighted by Crippen LogP contribution is -2.41. The average molecular weight is 256 g/mol. The minimum absolute atomic E-state index is 0.792. The lowest BCUT2D eigenvalue weighted by atomic mass is 10.1. The van der Waals surface area contributed by atoms with Crippen LogP contribution in [-0.4, -0.2) is 14.7 Å². The first-order valence-corrected chi connectivity index (χ1v) is 4.24. The SMILES string of the molecule is O=[N+]([O-])C1(Br)C(F)=CC=CC1Cl. The normalized spacial score (nSPS) is 34.6. The summed E-state index contributed by atoms with van der Waals surface area (Å²) in [7, 11) is 0. The van der Waals surface area contributed by atoms with Crippen LogP contribution >= 0.6 is 27.5 Å². The Morgan fingerprint density at radius 3 is 2.75 bits per heavy atom. The Hall–Kier alpha value is -0.420. The summed E-state index contributed by atoms with van der Waals surface area (Å²) in [6.07, 6.45) is 3.70. The van der Waals surface area contributed by atoms with Crippen LogP contribution in [0.4, 0.5) is 4.39 Å². The highest BCUT2D eigenvalue weighted by molar-refractivity contribution is 9.10. The fraction of sp³-hybridized carbons (Fsp3) is 0.333. The Morgan fingerprint density at radius 2 is 2.42 bits per heavy atom. The van der Waals surface area contributed by atoms with E-state index in [9.17, 15) is 14.5 Å². The molecule has 0 heterocycles. The van der Waals surface area contributed by atoms with Crippen LogP contribution in [0.3, 0.4) is 0 Å². The molecule has 1 aliphatic carbocycles. The maximum atomic E-state index is 13.0. The highest BCUT2D eigenvalue weighted by Crippen LogP contribution is 2.38. The molecule has 1 aliphatic rings. The zero-order valence-corrected chi connectivity index (χ0v) is 8.05. The van der Waals surface area contributed by atoms with Crippen molar-refractivity contribution >= 4 is 27.5 Å². The van der Waals surface area contributed by atoms with Crippen molar-refractivity contribution in [2.75, 3.05) is 0 Å². The van der Waals surface area contributed by atoms with Crippen molar-refractivity contribution in [2.24, 2.45) is 0 Å². The van der Waals surface area contributed by atoms with Crippen LogP contribution in [-0.2, 0) is 0 Å². The molecule has 2 atom stereocenters. The lowest BCUT2D eigenvalue weighted by molar-refractivity contribution is -0.525. The Morgan fingerprint density at radius 1 is 1.83 bits per heavy atom. The van der Waals surface area contributed by atoms with Gasteiger partial charge in [0.2, 0.25) is 0 Å². The molecule has 2 unspecified atom stereocenters. The quantitative estimate of drug-likeness (QED) is 0.313. The summed E-state index contributed by atoms with van der Waals surface area (Å²) in [6.45, 7) is 0. The smallest absolute Gasteiger partial charge is 0.263 e. The van der Waals surface area contributed by atoms with E-state index in [2.05, 4.69) is 15.9 Å². The molecule has 66 valence electrons. The van der Waals surface area contributed by atoms with Gasteiger partial charge in [-0.2, -0.15) is 0 Å². The summed E-state index contributed by atoms with van der Waals surface area (Å²) in [5, 5.41) is 9.44. The predicted octanol–water partition coefficient (Wildman–Crippen LogP) is 2.38. The highest BCUT2D eigenvalue weighted by Gasteiger charge is 2.52. The summed E-state index contributed by atoms with van der Waals surface area (Å²) in [5.41, 5.74) is 0. The molecule has 0 amide bonds. The Balaban J connectivity index is 3.10. The fourth-order valence-electron chi connectivity index (χ4n) is 0.802. The molecule has 0 fully saturated rings. The van der Waals surface area contributed by atoms with E-state index in [4.69, 9.17) is 11.6 Å². The van der Waals surface area contributed by atoms with E-state index in [-0.39, 0.29) is 0 Å². The van der Waals surface area contributed by atoms with Crippen LogP contribution in [0.25, 0.3) is 0 Å². The van der Waals surface area contributed by atoms with Crippen LogP contribution in [0.1, 0.15) is 0 Å². The molecule has 3 nitrogen and oxygen atoms in total. The summed E-state index contributed by atoms with van der Waals surface area (Å²) in [6, 6.07) is 0. The van der Waals surface area contributed by atoms with Gasteiger partial charge in [-0.1, -0.05) is 12.2 Å². The molecule has 0 N–H and O–H groups in total. The van der Waals surface area contributed by atoms with E-state index < -0.39 is 20.6 Å². The first kappa shape index (κ1) is 9.67. The van der Waals surface area contributed by atoms with Gasteiger partial charge in [-0.25, -0.2) is 4.39 Å². The summed E-state index contributed by atoms with van der Waals surface area (Å²) in [4.78, 5) is 9.66. The van der Waals surface area contributed by atoms with E-state index >= 15 is 0 Å². The van der Waals surface area contributed by atoms with E-state index in [0.717, 1.165) is 6.08 Å². The number of hydrogen-bond acceptors (Lipinski definition) is 2. The second kappa shape index (κ2) is 3.14. The largest absolute Gasteiger partial charge is 0.344 e. The monoisotopic (exact) mass is 255 g/mol. The van der Waals surface area contributed by atoms with Gasteiger partial charge >= 0.3 is 4.45 Å². The maximum Gasteiger partial charge on any atom is 0.344 e. The molecule has 0 radical (unpaired) electrons. The van der Waals surface area contributed by atoms with Crippen LogP contribution in [0.5, 0.6) is 0 Å². The van der Waals surface area contributed by atoms with Crippen LogP contribution in [0, 0.1) is 10.1 Å². The van der Waals surface area contributed by atoms with Crippen molar-refractivity contribution < 1.29 is 9.31 Å². The standard InChI is InChI=1S/C6H4BrClFNO2/c7-6(10(11)12)4(8)2-1-3-5(6)9/h1-4H. The topological polar surface area (TPSA) is 43.1 Å². The van der Waals surface area contributed by atoms with E-state index in [1.807, 2.05) is 0 Å². The Bertz CT molecular complexity index is 281.